The van der Waals surface area contributed by atoms with Gasteiger partial charge in [0.25, 0.3) is 0 Å². The monoisotopic (exact) mass is 475 g/mol. The molecule has 0 aromatic rings. The van der Waals surface area contributed by atoms with E-state index in [0.29, 0.717) is 0 Å². The minimum absolute atomic E-state index is 0.0768. The number of guanidine groups is 1. The van der Waals surface area contributed by atoms with Crippen molar-refractivity contribution in [1.82, 2.24) is 16.0 Å². The lowest BCUT2D eigenvalue weighted by atomic mass is 10.1. The van der Waals surface area contributed by atoms with Crippen LogP contribution in [0.5, 0.6) is 0 Å². The van der Waals surface area contributed by atoms with E-state index in [9.17, 15) is 33.9 Å². The van der Waals surface area contributed by atoms with Crippen molar-refractivity contribution in [2.75, 3.05) is 6.54 Å². The number of carbonyl (C=O) groups excluding carboxylic acids is 3. The first-order chi connectivity index (χ1) is 15.2. The Morgan fingerprint density at radius 3 is 1.58 bits per heavy atom. The van der Waals surface area contributed by atoms with Crippen LogP contribution in [0.15, 0.2) is 4.99 Å². The van der Waals surface area contributed by atoms with Crippen LogP contribution in [-0.4, -0.2) is 87.6 Å². The number of hydrogen-bond acceptors (Lipinski definition) is 8. The lowest BCUT2D eigenvalue weighted by molar-refractivity contribution is -0.145. The molecule has 0 saturated heterocycles. The van der Waals surface area contributed by atoms with Gasteiger partial charge in [0.15, 0.2) is 5.96 Å². The zero-order chi connectivity index (χ0) is 25.7. The molecule has 12 N–H and O–H groups in total. The second-order valence-electron chi connectivity index (χ2n) is 6.95. The van der Waals surface area contributed by atoms with Crippen molar-refractivity contribution in [3.8, 4) is 0 Å². The van der Waals surface area contributed by atoms with Crippen LogP contribution in [0, 0.1) is 0 Å². The first-order valence-electron chi connectivity index (χ1n) is 9.63. The van der Waals surface area contributed by atoms with E-state index in [2.05, 4.69) is 15.6 Å². The summed E-state index contributed by atoms with van der Waals surface area (Å²) in [5.41, 5.74) is 15.7. The Balaban J connectivity index is 5.41. The van der Waals surface area contributed by atoms with Crippen LogP contribution in [-0.2, 0) is 28.8 Å². The Kier molecular flexibility index (Phi) is 12.5. The minimum Gasteiger partial charge on any atom is -0.481 e. The standard InChI is InChI=1S/C17H29N7O9/c1-7(18)13(29)23-9(5-11(25)26)15(31)24-10(6-12(27)28)14(30)22-8(16(32)33)3-2-4-21-17(19)20/h7-10H,2-6,18H2,1H3,(H,22,30)(H,23,29)(H,24,31)(H,25,26)(H,27,28)(H,32,33)(H4,19,20,21). The normalized spacial score (nSPS) is 14.0. The van der Waals surface area contributed by atoms with E-state index >= 15 is 0 Å². The molecule has 3 amide bonds. The number of rotatable bonds is 15. The summed E-state index contributed by atoms with van der Waals surface area (Å²) in [7, 11) is 0. The van der Waals surface area contributed by atoms with Gasteiger partial charge < -0.3 is 48.5 Å². The van der Waals surface area contributed by atoms with Gasteiger partial charge in [-0.1, -0.05) is 0 Å². The fourth-order valence-electron chi connectivity index (χ4n) is 2.38. The summed E-state index contributed by atoms with van der Waals surface area (Å²) in [4.78, 5) is 74.0. The number of carboxylic acid groups (broad SMARTS) is 3. The molecule has 33 heavy (non-hydrogen) atoms. The van der Waals surface area contributed by atoms with E-state index in [1.165, 1.54) is 6.92 Å². The Labute approximate surface area is 187 Å². The molecule has 0 aliphatic heterocycles. The molecule has 16 heteroatoms. The van der Waals surface area contributed by atoms with Gasteiger partial charge >= 0.3 is 17.9 Å². The molecular formula is C17H29N7O9. The average Bonchev–Trinajstić information content (AvgIpc) is 2.67. The molecule has 4 atom stereocenters. The van der Waals surface area contributed by atoms with Gasteiger partial charge in [-0.05, 0) is 19.8 Å². The highest BCUT2D eigenvalue weighted by Gasteiger charge is 2.32. The molecular weight excluding hydrogens is 446 g/mol. The fraction of sp³-hybridized carbons (Fsp3) is 0.588. The van der Waals surface area contributed by atoms with Crippen molar-refractivity contribution in [3.05, 3.63) is 0 Å². The van der Waals surface area contributed by atoms with Crippen LogP contribution in [0.2, 0.25) is 0 Å². The Bertz CT molecular complexity index is 781. The highest BCUT2D eigenvalue weighted by Crippen LogP contribution is 2.03. The molecule has 0 spiro atoms. The first kappa shape index (κ1) is 29.1. The number of carboxylic acids is 3. The van der Waals surface area contributed by atoms with Crippen LogP contribution in [0.25, 0.3) is 0 Å². The first-order valence-corrected chi connectivity index (χ1v) is 9.63. The molecule has 186 valence electrons. The molecule has 0 aromatic carbocycles. The number of carbonyl (C=O) groups is 6. The number of nitrogens with two attached hydrogens (primary N) is 3. The van der Waals surface area contributed by atoms with Crippen molar-refractivity contribution >= 4 is 41.6 Å². The van der Waals surface area contributed by atoms with Crippen molar-refractivity contribution in [1.29, 1.82) is 0 Å². The molecule has 4 unspecified atom stereocenters. The van der Waals surface area contributed by atoms with Crippen LogP contribution < -0.4 is 33.2 Å². The minimum atomic E-state index is -1.77. The van der Waals surface area contributed by atoms with Gasteiger partial charge in [0.05, 0.1) is 18.9 Å². The van der Waals surface area contributed by atoms with Gasteiger partial charge in [0.2, 0.25) is 17.7 Å². The number of nitrogens with one attached hydrogen (secondary N) is 3. The van der Waals surface area contributed by atoms with Gasteiger partial charge in [0, 0.05) is 6.54 Å². The van der Waals surface area contributed by atoms with Gasteiger partial charge in [-0.2, -0.15) is 0 Å². The lowest BCUT2D eigenvalue weighted by Crippen LogP contribution is -2.57. The van der Waals surface area contributed by atoms with Crippen molar-refractivity contribution in [2.24, 2.45) is 22.2 Å². The Hall–Kier alpha value is -3.95. The quantitative estimate of drug-likeness (QED) is 0.0620. The number of amides is 3. The second-order valence-corrected chi connectivity index (χ2v) is 6.95. The maximum atomic E-state index is 12.5. The second kappa shape index (κ2) is 14.2. The smallest absolute Gasteiger partial charge is 0.326 e. The average molecular weight is 475 g/mol. The highest BCUT2D eigenvalue weighted by molar-refractivity contribution is 5.96. The Morgan fingerprint density at radius 1 is 0.788 bits per heavy atom. The lowest BCUT2D eigenvalue weighted by Gasteiger charge is -2.23. The summed E-state index contributed by atoms with van der Waals surface area (Å²) in [5, 5.41) is 33.5. The molecule has 0 heterocycles. The van der Waals surface area contributed by atoms with Crippen LogP contribution in [0.3, 0.4) is 0 Å². The molecule has 0 aromatic heterocycles. The van der Waals surface area contributed by atoms with E-state index in [0.717, 1.165) is 0 Å². The van der Waals surface area contributed by atoms with Crippen LogP contribution in [0.1, 0.15) is 32.6 Å². The number of aliphatic imine (C=N–C) groups is 1. The molecule has 0 saturated carbocycles. The molecule has 0 radical (unpaired) electrons. The third kappa shape index (κ3) is 12.5. The van der Waals surface area contributed by atoms with E-state index in [1.807, 2.05) is 5.32 Å². The third-order valence-electron chi connectivity index (χ3n) is 4.00. The molecule has 0 aliphatic carbocycles. The summed E-state index contributed by atoms with van der Waals surface area (Å²) < 4.78 is 0. The molecule has 0 bridgehead atoms. The van der Waals surface area contributed by atoms with E-state index < -0.39 is 72.6 Å². The van der Waals surface area contributed by atoms with E-state index in [-0.39, 0.29) is 25.3 Å². The predicted molar refractivity (Wildman–Crippen MR) is 111 cm³/mol. The Morgan fingerprint density at radius 2 is 1.21 bits per heavy atom. The van der Waals surface area contributed by atoms with E-state index in [1.54, 1.807) is 0 Å². The van der Waals surface area contributed by atoms with Crippen molar-refractivity contribution in [2.45, 2.75) is 56.8 Å². The van der Waals surface area contributed by atoms with Gasteiger partial charge in [-0.15, -0.1) is 0 Å². The zero-order valence-corrected chi connectivity index (χ0v) is 17.8. The van der Waals surface area contributed by atoms with E-state index in [4.69, 9.17) is 27.4 Å². The van der Waals surface area contributed by atoms with Crippen molar-refractivity contribution < 1.29 is 44.1 Å². The molecule has 0 fully saturated rings. The fourth-order valence-corrected chi connectivity index (χ4v) is 2.38. The summed E-state index contributed by atoms with van der Waals surface area (Å²) >= 11 is 0. The largest absolute Gasteiger partial charge is 0.481 e. The van der Waals surface area contributed by atoms with Crippen LogP contribution in [0.4, 0.5) is 0 Å². The maximum absolute atomic E-state index is 12.5. The summed E-state index contributed by atoms with van der Waals surface area (Å²) in [6.45, 7) is 1.36. The third-order valence-corrected chi connectivity index (χ3v) is 4.00. The predicted octanol–water partition coefficient (Wildman–Crippen LogP) is -4.12. The SMILES string of the molecule is CC(N)C(=O)NC(CC(=O)O)C(=O)NC(CC(=O)O)C(=O)NC(CCCN=C(N)N)C(=O)O. The van der Waals surface area contributed by atoms with Gasteiger partial charge in [-0.3, -0.25) is 29.0 Å². The number of hydrogen-bond donors (Lipinski definition) is 9. The summed E-state index contributed by atoms with van der Waals surface area (Å²) in [6, 6.07) is -5.96. The van der Waals surface area contributed by atoms with Gasteiger partial charge in [0.1, 0.15) is 18.1 Å². The molecule has 0 aliphatic rings. The topological polar surface area (TPSA) is 290 Å². The van der Waals surface area contributed by atoms with Crippen molar-refractivity contribution in [3.63, 3.8) is 0 Å². The highest BCUT2D eigenvalue weighted by atomic mass is 16.4. The molecule has 16 nitrogen and oxygen atoms in total. The molecule has 0 rings (SSSR count). The number of aliphatic carboxylic acids is 3. The summed E-state index contributed by atoms with van der Waals surface area (Å²) in [5.74, 6) is -7.79. The summed E-state index contributed by atoms with van der Waals surface area (Å²) in [6.07, 6.45) is -1.78. The maximum Gasteiger partial charge on any atom is 0.326 e. The zero-order valence-electron chi connectivity index (χ0n) is 17.8. The van der Waals surface area contributed by atoms with Gasteiger partial charge in [-0.25, -0.2) is 4.79 Å². The number of nitrogens with zero attached hydrogens (tertiary/aromatic N) is 1. The van der Waals surface area contributed by atoms with Crippen LogP contribution >= 0.6 is 0 Å².